The van der Waals surface area contributed by atoms with Crippen LogP contribution in [-0.4, -0.2) is 11.1 Å². The van der Waals surface area contributed by atoms with Gasteiger partial charge in [0.15, 0.2) is 0 Å². The number of carboxylic acids is 1. The van der Waals surface area contributed by atoms with Crippen molar-refractivity contribution in [3.05, 3.63) is 33.8 Å². The van der Waals surface area contributed by atoms with E-state index in [1.54, 1.807) is 25.1 Å². The summed E-state index contributed by atoms with van der Waals surface area (Å²) in [6.07, 6.45) is 2.08. The maximum Gasteiger partial charge on any atom is 0.331 e. The van der Waals surface area contributed by atoms with Crippen LogP contribution in [0.5, 0.6) is 0 Å². The lowest BCUT2D eigenvalue weighted by Crippen LogP contribution is -1.99. The fourth-order valence-corrected chi connectivity index (χ4v) is 1.56. The molecule has 3 N–H and O–H groups in total. The summed E-state index contributed by atoms with van der Waals surface area (Å²) in [6.45, 7) is 1.80. The first-order valence-electron chi connectivity index (χ1n) is 4.53. The molecule has 15 heavy (non-hydrogen) atoms. The summed E-state index contributed by atoms with van der Waals surface area (Å²) in [7, 11) is 0. The molecule has 0 radical (unpaired) electrons. The summed E-state index contributed by atoms with van der Waals surface area (Å²) in [5, 5.41) is 8.86. The van der Waals surface area contributed by atoms with Gasteiger partial charge in [0.05, 0.1) is 0 Å². The number of hydrogen-bond acceptors (Lipinski definition) is 2. The van der Waals surface area contributed by atoms with Crippen molar-refractivity contribution in [2.75, 3.05) is 5.73 Å². The van der Waals surface area contributed by atoms with E-state index in [-0.39, 0.29) is 0 Å². The van der Waals surface area contributed by atoms with E-state index in [1.807, 2.05) is 6.07 Å². The molecular weight excluding hydrogens is 258 g/mol. The van der Waals surface area contributed by atoms with Gasteiger partial charge in [-0.05, 0) is 30.2 Å². The van der Waals surface area contributed by atoms with Crippen LogP contribution in [0.2, 0.25) is 0 Å². The molecular formula is C11H12BrNO2. The van der Waals surface area contributed by atoms with Crippen LogP contribution in [0.15, 0.2) is 28.2 Å². The summed E-state index contributed by atoms with van der Waals surface area (Å²) in [4.78, 5) is 10.8. The summed E-state index contributed by atoms with van der Waals surface area (Å²) < 4.78 is 0.880. The number of rotatable bonds is 3. The van der Waals surface area contributed by atoms with E-state index >= 15 is 0 Å². The van der Waals surface area contributed by atoms with E-state index in [1.165, 1.54) is 0 Å². The van der Waals surface area contributed by atoms with Crippen LogP contribution < -0.4 is 5.73 Å². The number of nitrogens with two attached hydrogens (primary N) is 1. The molecule has 0 bridgehead atoms. The summed E-state index contributed by atoms with van der Waals surface area (Å²) in [6, 6.07) is 5.37. The zero-order chi connectivity index (χ0) is 11.4. The van der Waals surface area contributed by atoms with Gasteiger partial charge in [0.1, 0.15) is 0 Å². The third kappa shape index (κ3) is 3.09. The van der Waals surface area contributed by atoms with Crippen molar-refractivity contribution in [1.82, 2.24) is 0 Å². The summed E-state index contributed by atoms with van der Waals surface area (Å²) >= 11 is 3.29. The number of hydrogen-bond donors (Lipinski definition) is 2. The van der Waals surface area contributed by atoms with Crippen molar-refractivity contribution in [1.29, 1.82) is 0 Å². The molecule has 0 unspecified atom stereocenters. The Hall–Kier alpha value is -1.29. The van der Waals surface area contributed by atoms with Crippen LogP contribution in [0, 0.1) is 0 Å². The van der Waals surface area contributed by atoms with Crippen molar-refractivity contribution >= 4 is 33.7 Å². The first-order chi connectivity index (χ1) is 7.04. The topological polar surface area (TPSA) is 63.3 Å². The number of carbonyl (C=O) groups is 1. The first kappa shape index (κ1) is 11.8. The normalized spacial score (nSPS) is 11.5. The summed E-state index contributed by atoms with van der Waals surface area (Å²) in [5.74, 6) is -0.903. The van der Waals surface area contributed by atoms with Gasteiger partial charge < -0.3 is 10.8 Å². The molecule has 0 atom stereocenters. The highest BCUT2D eigenvalue weighted by Gasteiger charge is 2.05. The third-order valence-electron chi connectivity index (χ3n) is 2.03. The average Bonchev–Trinajstić information content (AvgIpc) is 2.16. The lowest BCUT2D eigenvalue weighted by Gasteiger charge is -2.03. The number of halogens is 1. The Kier molecular flexibility index (Phi) is 3.91. The van der Waals surface area contributed by atoms with Gasteiger partial charge in [0.25, 0.3) is 0 Å². The highest BCUT2D eigenvalue weighted by atomic mass is 79.9. The van der Waals surface area contributed by atoms with Crippen LogP contribution in [0.25, 0.3) is 6.08 Å². The minimum Gasteiger partial charge on any atom is -0.478 e. The van der Waals surface area contributed by atoms with Crippen LogP contribution in [0.3, 0.4) is 0 Å². The molecule has 0 spiro atoms. The molecule has 4 heteroatoms. The molecule has 1 rings (SSSR count). The van der Waals surface area contributed by atoms with Crippen LogP contribution in [0.1, 0.15) is 18.9 Å². The second-order valence-electron chi connectivity index (χ2n) is 3.10. The Morgan fingerprint density at radius 2 is 2.27 bits per heavy atom. The smallest absolute Gasteiger partial charge is 0.331 e. The Morgan fingerprint density at radius 3 is 2.73 bits per heavy atom. The van der Waals surface area contributed by atoms with E-state index in [4.69, 9.17) is 10.8 Å². The van der Waals surface area contributed by atoms with Gasteiger partial charge in [-0.3, -0.25) is 0 Å². The Labute approximate surface area is 96.7 Å². The Balaban J connectivity index is 3.12. The molecule has 0 aromatic heterocycles. The largest absolute Gasteiger partial charge is 0.478 e. The van der Waals surface area contributed by atoms with Gasteiger partial charge in [0.2, 0.25) is 0 Å². The second kappa shape index (κ2) is 4.98. The average molecular weight is 270 g/mol. The molecule has 80 valence electrons. The van der Waals surface area contributed by atoms with Gasteiger partial charge in [-0.15, -0.1) is 0 Å². The highest BCUT2D eigenvalue weighted by molar-refractivity contribution is 9.10. The molecule has 3 nitrogen and oxygen atoms in total. The van der Waals surface area contributed by atoms with Gasteiger partial charge in [0, 0.05) is 15.7 Å². The van der Waals surface area contributed by atoms with Crippen molar-refractivity contribution in [3.8, 4) is 0 Å². The lowest BCUT2D eigenvalue weighted by atomic mass is 10.1. The SMILES string of the molecule is CC/C(=C/c1ccc(Br)cc1N)C(=O)O. The van der Waals surface area contributed by atoms with E-state index in [0.29, 0.717) is 17.7 Å². The zero-order valence-electron chi connectivity index (χ0n) is 8.33. The third-order valence-corrected chi connectivity index (χ3v) is 2.53. The van der Waals surface area contributed by atoms with Gasteiger partial charge >= 0.3 is 5.97 Å². The molecule has 0 fully saturated rings. The molecule has 0 aliphatic carbocycles. The zero-order valence-corrected chi connectivity index (χ0v) is 9.91. The van der Waals surface area contributed by atoms with Gasteiger partial charge in [-0.2, -0.15) is 0 Å². The predicted molar refractivity (Wildman–Crippen MR) is 64.5 cm³/mol. The number of benzene rings is 1. The van der Waals surface area contributed by atoms with E-state index in [0.717, 1.165) is 10.0 Å². The molecule has 0 amide bonds. The number of anilines is 1. The number of aliphatic carboxylic acids is 1. The first-order valence-corrected chi connectivity index (χ1v) is 5.32. The lowest BCUT2D eigenvalue weighted by molar-refractivity contribution is -0.132. The fraction of sp³-hybridized carbons (Fsp3) is 0.182. The predicted octanol–water partition coefficient (Wildman–Crippen LogP) is 2.91. The molecule has 0 saturated carbocycles. The van der Waals surface area contributed by atoms with Crippen LogP contribution >= 0.6 is 15.9 Å². The maximum absolute atomic E-state index is 10.8. The summed E-state index contributed by atoms with van der Waals surface area (Å²) in [5.41, 5.74) is 7.41. The van der Waals surface area contributed by atoms with Crippen LogP contribution in [-0.2, 0) is 4.79 Å². The van der Waals surface area contributed by atoms with Crippen molar-refractivity contribution in [2.45, 2.75) is 13.3 Å². The monoisotopic (exact) mass is 269 g/mol. The fourth-order valence-electron chi connectivity index (χ4n) is 1.18. The minimum atomic E-state index is -0.903. The minimum absolute atomic E-state index is 0.351. The van der Waals surface area contributed by atoms with E-state index in [9.17, 15) is 4.79 Å². The number of carboxylic acid groups (broad SMARTS) is 1. The molecule has 0 saturated heterocycles. The van der Waals surface area contributed by atoms with E-state index in [2.05, 4.69) is 15.9 Å². The number of nitrogen functional groups attached to an aromatic ring is 1. The van der Waals surface area contributed by atoms with E-state index < -0.39 is 5.97 Å². The van der Waals surface area contributed by atoms with Gasteiger partial charge in [-0.25, -0.2) is 4.79 Å². The van der Waals surface area contributed by atoms with Crippen LogP contribution in [0.4, 0.5) is 5.69 Å². The molecule has 1 aromatic carbocycles. The maximum atomic E-state index is 10.8. The molecule has 0 aliphatic rings. The second-order valence-corrected chi connectivity index (χ2v) is 4.02. The molecule has 0 aliphatic heterocycles. The Bertz CT molecular complexity index is 413. The van der Waals surface area contributed by atoms with Crippen molar-refractivity contribution in [2.24, 2.45) is 0 Å². The van der Waals surface area contributed by atoms with Gasteiger partial charge in [-0.1, -0.05) is 28.9 Å². The quantitative estimate of drug-likeness (QED) is 0.655. The van der Waals surface area contributed by atoms with Crippen molar-refractivity contribution in [3.63, 3.8) is 0 Å². The molecule has 0 heterocycles. The molecule has 1 aromatic rings. The Morgan fingerprint density at radius 1 is 1.60 bits per heavy atom. The van der Waals surface area contributed by atoms with Crippen molar-refractivity contribution < 1.29 is 9.90 Å². The standard InChI is InChI=1S/C11H12BrNO2/c1-2-7(11(14)15)5-8-3-4-9(12)6-10(8)13/h3-6H,2,13H2,1H3,(H,14,15)/b7-5-. The highest BCUT2D eigenvalue weighted by Crippen LogP contribution is 2.21.